The predicted molar refractivity (Wildman–Crippen MR) is 104 cm³/mol. The third-order valence-electron chi connectivity index (χ3n) is 4.12. The quantitative estimate of drug-likeness (QED) is 0.526. The zero-order valence-electron chi connectivity index (χ0n) is 16.7. The van der Waals surface area contributed by atoms with E-state index in [2.05, 4.69) is 10.4 Å². The van der Waals surface area contributed by atoms with Crippen LogP contribution in [0.25, 0.3) is 11.3 Å². The number of hydrogen-bond donors (Lipinski definition) is 1. The highest BCUT2D eigenvalue weighted by molar-refractivity contribution is 6.05. The summed E-state index contributed by atoms with van der Waals surface area (Å²) in [6, 6.07) is 8.36. The normalized spacial score (nSPS) is 11.0. The number of aryl methyl sites for hydroxylation is 2. The Morgan fingerprint density at radius 2 is 1.70 bits per heavy atom. The Hall–Kier alpha value is -3.23. The van der Waals surface area contributed by atoms with Crippen LogP contribution in [0.3, 0.4) is 0 Å². The Bertz CT molecular complexity index is 1040. The van der Waals surface area contributed by atoms with Crippen LogP contribution in [0.1, 0.15) is 35.5 Å². The second kappa shape index (κ2) is 9.06. The fourth-order valence-electron chi connectivity index (χ4n) is 2.77. The number of aromatic nitrogens is 2. The van der Waals surface area contributed by atoms with Crippen LogP contribution in [0, 0.1) is 18.6 Å². The highest BCUT2D eigenvalue weighted by Gasteiger charge is 2.35. The molecule has 1 N–H and O–H groups in total. The molecular formula is C21H20F5N3O. The Morgan fingerprint density at radius 3 is 2.23 bits per heavy atom. The molecule has 0 saturated heterocycles. The van der Waals surface area contributed by atoms with Crippen LogP contribution in [0.2, 0.25) is 0 Å². The molecule has 1 aromatic heterocycles. The number of hydrogen-bond acceptors (Lipinski definition) is 2. The van der Waals surface area contributed by atoms with Crippen LogP contribution in [0.15, 0.2) is 42.5 Å². The van der Waals surface area contributed by atoms with Gasteiger partial charge in [-0.1, -0.05) is 26.0 Å². The van der Waals surface area contributed by atoms with Crippen LogP contribution in [-0.2, 0) is 13.2 Å². The lowest BCUT2D eigenvalue weighted by atomic mass is 10.1. The van der Waals surface area contributed by atoms with Crippen molar-refractivity contribution in [1.29, 1.82) is 0 Å². The molecule has 160 valence electrons. The lowest BCUT2D eigenvalue weighted by molar-refractivity contribution is -0.141. The van der Waals surface area contributed by atoms with Crippen molar-refractivity contribution in [2.45, 2.75) is 26.9 Å². The summed E-state index contributed by atoms with van der Waals surface area (Å²) in [6.45, 7) is 5.56. The van der Waals surface area contributed by atoms with Crippen molar-refractivity contribution in [2.24, 2.45) is 7.05 Å². The number of rotatable bonds is 3. The molecule has 0 unspecified atom stereocenters. The van der Waals surface area contributed by atoms with Crippen molar-refractivity contribution in [3.63, 3.8) is 0 Å². The van der Waals surface area contributed by atoms with Gasteiger partial charge in [0.15, 0.2) is 5.69 Å². The predicted octanol–water partition coefficient (Wildman–Crippen LogP) is 5.97. The number of nitrogens with one attached hydrogen (secondary N) is 1. The largest absolute Gasteiger partial charge is 0.435 e. The fourth-order valence-corrected chi connectivity index (χ4v) is 2.77. The maximum Gasteiger partial charge on any atom is 0.435 e. The first-order chi connectivity index (χ1) is 14.1. The smallest absolute Gasteiger partial charge is 0.322 e. The van der Waals surface area contributed by atoms with Crippen molar-refractivity contribution in [3.8, 4) is 11.3 Å². The van der Waals surface area contributed by atoms with Gasteiger partial charge in [0.05, 0.1) is 11.3 Å². The third-order valence-corrected chi connectivity index (χ3v) is 4.12. The van der Waals surface area contributed by atoms with Crippen LogP contribution in [-0.4, -0.2) is 15.7 Å². The van der Waals surface area contributed by atoms with Gasteiger partial charge in [0, 0.05) is 18.3 Å². The summed E-state index contributed by atoms with van der Waals surface area (Å²) in [6.07, 6.45) is -4.65. The zero-order chi connectivity index (χ0) is 22.6. The van der Waals surface area contributed by atoms with Crippen molar-refractivity contribution >= 4 is 11.6 Å². The van der Waals surface area contributed by atoms with Crippen molar-refractivity contribution in [1.82, 2.24) is 9.78 Å². The number of carbonyl (C=O) groups excluding carboxylic acids is 1. The maximum atomic E-state index is 14.5. The molecule has 9 heteroatoms. The molecule has 1 heterocycles. The zero-order valence-corrected chi connectivity index (χ0v) is 16.7. The number of amides is 1. The topological polar surface area (TPSA) is 46.9 Å². The molecule has 2 aromatic carbocycles. The first-order valence-corrected chi connectivity index (χ1v) is 9.05. The fraction of sp³-hybridized carbons (Fsp3) is 0.238. The number of carbonyl (C=O) groups is 1. The van der Waals surface area contributed by atoms with E-state index in [-0.39, 0.29) is 22.5 Å². The first kappa shape index (κ1) is 23.1. The van der Waals surface area contributed by atoms with Gasteiger partial charge < -0.3 is 5.32 Å². The summed E-state index contributed by atoms with van der Waals surface area (Å²) >= 11 is 0. The molecule has 3 aromatic rings. The molecule has 0 aliphatic rings. The van der Waals surface area contributed by atoms with Gasteiger partial charge in [0.1, 0.15) is 11.6 Å². The average molecular weight is 425 g/mol. The lowest BCUT2D eigenvalue weighted by Crippen LogP contribution is -2.15. The van der Waals surface area contributed by atoms with Crippen molar-refractivity contribution in [2.75, 3.05) is 5.32 Å². The minimum Gasteiger partial charge on any atom is -0.322 e. The van der Waals surface area contributed by atoms with E-state index in [0.29, 0.717) is 5.56 Å². The first-order valence-electron chi connectivity index (χ1n) is 9.05. The van der Waals surface area contributed by atoms with Crippen LogP contribution in [0.5, 0.6) is 0 Å². The molecule has 0 spiro atoms. The van der Waals surface area contributed by atoms with Gasteiger partial charge >= 0.3 is 6.18 Å². The molecule has 4 nitrogen and oxygen atoms in total. The molecule has 30 heavy (non-hydrogen) atoms. The summed E-state index contributed by atoms with van der Waals surface area (Å²) in [5.74, 6) is -2.34. The molecular weight excluding hydrogens is 405 g/mol. The molecule has 0 bridgehead atoms. The minimum atomic E-state index is -4.65. The highest BCUT2D eigenvalue weighted by Crippen LogP contribution is 2.33. The number of benzene rings is 2. The lowest BCUT2D eigenvalue weighted by Gasteiger charge is -2.10. The van der Waals surface area contributed by atoms with E-state index in [4.69, 9.17) is 0 Å². The number of anilines is 1. The van der Waals surface area contributed by atoms with Crippen LogP contribution >= 0.6 is 0 Å². The summed E-state index contributed by atoms with van der Waals surface area (Å²) in [7, 11) is 1.26. The molecule has 0 saturated carbocycles. The molecule has 0 radical (unpaired) electrons. The molecule has 0 aliphatic carbocycles. The average Bonchev–Trinajstić information content (AvgIpc) is 3.05. The second-order valence-electron chi connectivity index (χ2n) is 6.12. The Labute approximate surface area is 170 Å². The van der Waals surface area contributed by atoms with Gasteiger partial charge in [-0.2, -0.15) is 18.3 Å². The van der Waals surface area contributed by atoms with E-state index in [9.17, 15) is 26.7 Å². The van der Waals surface area contributed by atoms with E-state index >= 15 is 0 Å². The Kier molecular flexibility index (Phi) is 6.96. The minimum absolute atomic E-state index is 0.0344. The Morgan fingerprint density at radius 1 is 1.03 bits per heavy atom. The number of nitrogens with zero attached hydrogens (tertiary/aromatic N) is 2. The van der Waals surface area contributed by atoms with E-state index in [1.807, 2.05) is 13.8 Å². The SMILES string of the molecule is CC.Cc1cccc(F)c1C(=O)Nc1ccc(-c2cc(C(F)(F)F)nn2C)c(F)c1. The van der Waals surface area contributed by atoms with Crippen molar-refractivity contribution < 1.29 is 26.7 Å². The summed E-state index contributed by atoms with van der Waals surface area (Å²) in [5.41, 5.74) is -1.07. The number of alkyl halides is 3. The summed E-state index contributed by atoms with van der Waals surface area (Å²) < 4.78 is 67.6. The van der Waals surface area contributed by atoms with E-state index in [1.54, 1.807) is 13.0 Å². The summed E-state index contributed by atoms with van der Waals surface area (Å²) in [5, 5.41) is 5.72. The third kappa shape index (κ3) is 4.84. The summed E-state index contributed by atoms with van der Waals surface area (Å²) in [4.78, 5) is 12.3. The molecule has 0 fully saturated rings. The molecule has 1 amide bonds. The molecule has 0 atom stereocenters. The van der Waals surface area contributed by atoms with E-state index in [0.717, 1.165) is 22.9 Å². The molecule has 3 rings (SSSR count). The number of halogens is 5. The van der Waals surface area contributed by atoms with Gasteiger partial charge in [0.25, 0.3) is 5.91 Å². The van der Waals surface area contributed by atoms with Gasteiger partial charge in [-0.15, -0.1) is 0 Å². The standard InChI is InChI=1S/C19H14F5N3O.C2H6/c1-10-4-3-5-13(20)17(10)18(28)25-11-6-7-12(14(21)8-11)15-9-16(19(22,23)24)26-27(15)2;1-2/h3-9H,1-2H3,(H,25,28);1-2H3. The van der Waals surface area contributed by atoms with Gasteiger partial charge in [0.2, 0.25) is 0 Å². The monoisotopic (exact) mass is 425 g/mol. The maximum absolute atomic E-state index is 14.5. The van der Waals surface area contributed by atoms with Crippen LogP contribution in [0.4, 0.5) is 27.6 Å². The van der Waals surface area contributed by atoms with E-state index in [1.165, 1.54) is 25.2 Å². The van der Waals surface area contributed by atoms with Crippen LogP contribution < -0.4 is 5.32 Å². The van der Waals surface area contributed by atoms with Gasteiger partial charge in [-0.3, -0.25) is 9.48 Å². The second-order valence-corrected chi connectivity index (χ2v) is 6.12. The van der Waals surface area contributed by atoms with E-state index < -0.39 is 29.4 Å². The van der Waals surface area contributed by atoms with Gasteiger partial charge in [-0.25, -0.2) is 8.78 Å². The Balaban J connectivity index is 0.00000155. The van der Waals surface area contributed by atoms with Crippen molar-refractivity contribution in [3.05, 3.63) is 70.9 Å². The molecule has 0 aliphatic heterocycles. The van der Waals surface area contributed by atoms with Gasteiger partial charge in [-0.05, 0) is 42.8 Å². The highest BCUT2D eigenvalue weighted by atomic mass is 19.4.